The van der Waals surface area contributed by atoms with Crippen molar-refractivity contribution in [3.63, 3.8) is 0 Å². The van der Waals surface area contributed by atoms with Gasteiger partial charge in [-0.05, 0) is 91.3 Å². The Balaban J connectivity index is 1.44. The van der Waals surface area contributed by atoms with Crippen molar-refractivity contribution in [3.8, 4) is 0 Å². The van der Waals surface area contributed by atoms with Gasteiger partial charge in [-0.25, -0.2) is 0 Å². The maximum absolute atomic E-state index is 12.1. The van der Waals surface area contributed by atoms with Gasteiger partial charge in [0.1, 0.15) is 12.3 Å². The lowest BCUT2D eigenvalue weighted by Gasteiger charge is -2.62. The molecule has 4 rings (SSSR count). The summed E-state index contributed by atoms with van der Waals surface area (Å²) in [6.07, 6.45) is 8.57. The molecule has 0 aromatic carbocycles. The maximum Gasteiger partial charge on any atom is 0.322 e. The quantitative estimate of drug-likeness (QED) is 0.575. The average Bonchev–Trinajstić information content (AvgIpc) is 3.09. The highest BCUT2D eigenvalue weighted by molar-refractivity contribution is 5.81. The molecule has 180 valence electrons. The van der Waals surface area contributed by atoms with Gasteiger partial charge in [-0.1, -0.05) is 20.8 Å². The van der Waals surface area contributed by atoms with Gasteiger partial charge in [0.15, 0.2) is 0 Å². The number of Topliss-reactive ketones (excluding diaryl/α,β-unsaturated/α-hetero) is 1. The minimum absolute atomic E-state index is 0.184. The first-order valence-corrected chi connectivity index (χ1v) is 12.7. The van der Waals surface area contributed by atoms with Crippen LogP contribution in [0.15, 0.2) is 0 Å². The fraction of sp³-hybridized carbons (Fsp3) is 0.885. The van der Waals surface area contributed by atoms with E-state index in [2.05, 4.69) is 26.1 Å². The van der Waals surface area contributed by atoms with Gasteiger partial charge in [-0.15, -0.1) is 0 Å². The summed E-state index contributed by atoms with van der Waals surface area (Å²) in [5.74, 6) is 1.80. The van der Waals surface area contributed by atoms with Gasteiger partial charge in [0.05, 0.1) is 6.10 Å². The molecule has 0 radical (unpaired) electrons. The van der Waals surface area contributed by atoms with E-state index in [0.717, 1.165) is 38.5 Å². The SMILES string of the molecule is C[C@H](CCC(=O)NCC(=O)O)C1CC[C@H]2[C@H]3C(CC[C@]12C)[C@@]1(C)CCC(=O)C[C@H]1C[C@H]3O. The van der Waals surface area contributed by atoms with Crippen LogP contribution in [-0.2, 0) is 14.4 Å². The molecule has 0 aromatic rings. The number of hydrogen-bond donors (Lipinski definition) is 3. The van der Waals surface area contributed by atoms with Crippen molar-refractivity contribution in [2.45, 2.75) is 91.1 Å². The number of aliphatic hydroxyl groups excluding tert-OH is 1. The highest BCUT2D eigenvalue weighted by Gasteiger charge is 2.62. The summed E-state index contributed by atoms with van der Waals surface area (Å²) in [5.41, 5.74) is 0.373. The topological polar surface area (TPSA) is 104 Å². The van der Waals surface area contributed by atoms with Gasteiger partial charge in [0.2, 0.25) is 5.91 Å². The van der Waals surface area contributed by atoms with E-state index in [-0.39, 0.29) is 29.4 Å². The number of carboxylic acids is 1. The fourth-order valence-electron chi connectivity index (χ4n) is 8.81. The van der Waals surface area contributed by atoms with Gasteiger partial charge < -0.3 is 15.5 Å². The molecule has 0 heterocycles. The van der Waals surface area contributed by atoms with Crippen LogP contribution in [0.3, 0.4) is 0 Å². The lowest BCUT2D eigenvalue weighted by atomic mass is 9.44. The predicted octanol–water partition coefficient (Wildman–Crippen LogP) is 3.80. The molecule has 6 heteroatoms. The molecule has 0 bridgehead atoms. The van der Waals surface area contributed by atoms with Crippen LogP contribution in [0.5, 0.6) is 0 Å². The number of hydrogen-bond acceptors (Lipinski definition) is 4. The monoisotopic (exact) mass is 447 g/mol. The van der Waals surface area contributed by atoms with Crippen molar-refractivity contribution in [2.24, 2.45) is 46.3 Å². The number of nitrogens with one attached hydrogen (secondary N) is 1. The summed E-state index contributed by atoms with van der Waals surface area (Å²) in [6.45, 7) is 6.76. The third-order valence-corrected chi connectivity index (χ3v) is 10.5. The summed E-state index contributed by atoms with van der Waals surface area (Å²) in [5, 5.41) is 22.5. The second kappa shape index (κ2) is 8.73. The molecule has 32 heavy (non-hydrogen) atoms. The number of carbonyl (C=O) groups is 3. The number of rotatable bonds is 6. The van der Waals surface area contributed by atoms with E-state index in [4.69, 9.17) is 5.11 Å². The van der Waals surface area contributed by atoms with Gasteiger partial charge in [0, 0.05) is 19.3 Å². The zero-order chi connectivity index (χ0) is 23.3. The van der Waals surface area contributed by atoms with Gasteiger partial charge >= 0.3 is 5.97 Å². The zero-order valence-electron chi connectivity index (χ0n) is 19.9. The van der Waals surface area contributed by atoms with Gasteiger partial charge in [0.25, 0.3) is 0 Å². The Kier molecular flexibility index (Phi) is 6.47. The summed E-state index contributed by atoms with van der Waals surface area (Å²) >= 11 is 0. The molecule has 0 aliphatic heterocycles. The first-order valence-electron chi connectivity index (χ1n) is 12.7. The van der Waals surface area contributed by atoms with Gasteiger partial charge in [-0.2, -0.15) is 0 Å². The second-order valence-corrected chi connectivity index (χ2v) is 12.0. The third-order valence-electron chi connectivity index (χ3n) is 10.5. The van der Waals surface area contributed by atoms with Crippen molar-refractivity contribution in [2.75, 3.05) is 6.54 Å². The molecule has 3 N–H and O–H groups in total. The molecule has 0 saturated heterocycles. The molecule has 0 spiro atoms. The molecule has 4 saturated carbocycles. The molecule has 6 nitrogen and oxygen atoms in total. The van der Waals surface area contributed by atoms with Crippen molar-refractivity contribution < 1.29 is 24.6 Å². The summed E-state index contributed by atoms with van der Waals surface area (Å²) < 4.78 is 0. The van der Waals surface area contributed by atoms with Crippen molar-refractivity contribution in [1.29, 1.82) is 0 Å². The maximum atomic E-state index is 12.1. The lowest BCUT2D eigenvalue weighted by molar-refractivity contribution is -0.168. The molecular weight excluding hydrogens is 406 g/mol. The Morgan fingerprint density at radius 1 is 1.12 bits per heavy atom. The molecule has 9 atom stereocenters. The number of fused-ring (bicyclic) bond motifs is 5. The normalized spacial score (nSPS) is 44.2. The molecular formula is C26H41NO5. The highest BCUT2D eigenvalue weighted by atomic mass is 16.4. The van der Waals surface area contributed by atoms with E-state index in [1.54, 1.807) is 0 Å². The van der Waals surface area contributed by atoms with Crippen LogP contribution in [0.25, 0.3) is 0 Å². The van der Waals surface area contributed by atoms with E-state index in [1.807, 2.05) is 0 Å². The Morgan fingerprint density at radius 3 is 2.56 bits per heavy atom. The highest BCUT2D eigenvalue weighted by Crippen LogP contribution is 2.68. The molecule has 0 aromatic heterocycles. The first-order chi connectivity index (χ1) is 15.1. The number of carbonyl (C=O) groups excluding carboxylic acids is 2. The Bertz CT molecular complexity index is 767. The number of carboxylic acid groups (broad SMARTS) is 1. The van der Waals surface area contributed by atoms with Crippen molar-refractivity contribution in [1.82, 2.24) is 5.32 Å². The van der Waals surface area contributed by atoms with Crippen LogP contribution >= 0.6 is 0 Å². The second-order valence-electron chi connectivity index (χ2n) is 12.0. The summed E-state index contributed by atoms with van der Waals surface area (Å²) in [4.78, 5) is 34.8. The van der Waals surface area contributed by atoms with Crippen LogP contribution in [0.2, 0.25) is 0 Å². The van der Waals surface area contributed by atoms with E-state index in [0.29, 0.717) is 60.6 Å². The summed E-state index contributed by atoms with van der Waals surface area (Å²) in [7, 11) is 0. The van der Waals surface area contributed by atoms with Crippen LogP contribution in [0.1, 0.15) is 85.0 Å². The van der Waals surface area contributed by atoms with Crippen molar-refractivity contribution in [3.05, 3.63) is 0 Å². The average molecular weight is 448 g/mol. The van der Waals surface area contributed by atoms with E-state index < -0.39 is 5.97 Å². The molecule has 4 aliphatic carbocycles. The van der Waals surface area contributed by atoms with E-state index >= 15 is 0 Å². The van der Waals surface area contributed by atoms with Crippen LogP contribution < -0.4 is 5.32 Å². The minimum Gasteiger partial charge on any atom is -0.480 e. The van der Waals surface area contributed by atoms with Crippen molar-refractivity contribution >= 4 is 17.7 Å². The van der Waals surface area contributed by atoms with E-state index in [1.165, 1.54) is 6.42 Å². The fourth-order valence-corrected chi connectivity index (χ4v) is 8.81. The predicted molar refractivity (Wildman–Crippen MR) is 121 cm³/mol. The number of amides is 1. The first kappa shape index (κ1) is 23.7. The number of ketones is 1. The lowest BCUT2D eigenvalue weighted by Crippen LogP contribution is -2.58. The van der Waals surface area contributed by atoms with Crippen LogP contribution in [-0.4, -0.2) is 40.5 Å². The molecule has 4 fully saturated rings. The zero-order valence-corrected chi connectivity index (χ0v) is 19.9. The Hall–Kier alpha value is -1.43. The van der Waals surface area contributed by atoms with Crippen LogP contribution in [0.4, 0.5) is 0 Å². The smallest absolute Gasteiger partial charge is 0.322 e. The minimum atomic E-state index is -1.02. The number of aliphatic carboxylic acids is 1. The standard InChI is InChI=1S/C26H41NO5/c1-15(4-7-22(30)27-14-23(31)32)18-5-6-19-24-20(9-11-26(18,19)3)25(2)10-8-17(28)12-16(25)13-21(24)29/h15-16,18-21,24,29H,4-14H2,1-3H3,(H,27,30)(H,31,32)/t15-,16+,18?,19+,20?,21-,24+,25+,26-/m1/s1. The molecule has 2 unspecified atom stereocenters. The molecule has 1 amide bonds. The third kappa shape index (κ3) is 4.01. The van der Waals surface area contributed by atoms with Gasteiger partial charge in [-0.3, -0.25) is 14.4 Å². The Morgan fingerprint density at radius 2 is 1.84 bits per heavy atom. The molecule has 4 aliphatic rings. The van der Waals surface area contributed by atoms with Crippen LogP contribution in [0, 0.1) is 46.3 Å². The van der Waals surface area contributed by atoms with E-state index in [9.17, 15) is 19.5 Å². The number of aliphatic hydroxyl groups is 1. The largest absolute Gasteiger partial charge is 0.480 e. The Labute approximate surface area is 191 Å². The summed E-state index contributed by atoms with van der Waals surface area (Å²) in [6, 6.07) is 0.